The number of hydrogen-bond acceptors (Lipinski definition) is 2. The highest BCUT2D eigenvalue weighted by molar-refractivity contribution is 5.70. The van der Waals surface area contributed by atoms with Crippen LogP contribution in [-0.2, 0) is 4.84 Å². The van der Waals surface area contributed by atoms with Gasteiger partial charge in [-0.2, -0.15) is 0 Å². The van der Waals surface area contributed by atoms with Crippen LogP contribution in [0.15, 0.2) is 0 Å². The summed E-state index contributed by atoms with van der Waals surface area (Å²) in [5.74, 6) is 0. The molecule has 0 aliphatic heterocycles. The molecule has 0 aromatic heterocycles. The van der Waals surface area contributed by atoms with Gasteiger partial charge < -0.3 is 5.73 Å². The van der Waals surface area contributed by atoms with E-state index in [-0.39, 0.29) is 0 Å². The van der Waals surface area contributed by atoms with Gasteiger partial charge in [-0.25, -0.2) is 10.3 Å². The number of rotatable bonds is 2. The summed E-state index contributed by atoms with van der Waals surface area (Å²) in [7, 11) is 0. The zero-order chi connectivity index (χ0) is 5.70. The van der Waals surface area contributed by atoms with Gasteiger partial charge in [-0.3, -0.25) is 4.84 Å². The monoisotopic (exact) mass is 104 g/mol. The van der Waals surface area contributed by atoms with E-state index in [0.717, 1.165) is 0 Å². The molecular formula is C3H8N2O2. The van der Waals surface area contributed by atoms with Crippen molar-refractivity contribution < 1.29 is 9.63 Å². The fourth-order valence-corrected chi connectivity index (χ4v) is 0.143. The maximum absolute atomic E-state index is 9.74. The zero-order valence-corrected chi connectivity index (χ0v) is 4.10. The minimum absolute atomic E-state index is 0.433. The van der Waals surface area contributed by atoms with E-state index >= 15 is 0 Å². The maximum Gasteiger partial charge on any atom is 0.336 e. The van der Waals surface area contributed by atoms with E-state index in [1.54, 1.807) is 6.92 Å². The van der Waals surface area contributed by atoms with Crippen molar-refractivity contribution in [2.45, 2.75) is 6.92 Å². The third-order valence-electron chi connectivity index (χ3n) is 0.317. The van der Waals surface area contributed by atoms with Gasteiger partial charge in [0.1, 0.15) is 0 Å². The molecule has 42 valence electrons. The van der Waals surface area contributed by atoms with Crippen LogP contribution in [0.25, 0.3) is 0 Å². The predicted octanol–water partition coefficient (Wildman–Crippen LogP) is -0.394. The van der Waals surface area contributed by atoms with Crippen molar-refractivity contribution in [1.29, 1.82) is 0 Å². The summed E-state index contributed by atoms with van der Waals surface area (Å²) in [4.78, 5) is 14.1. The first kappa shape index (κ1) is 6.23. The molecule has 0 aromatic rings. The van der Waals surface area contributed by atoms with Crippen LogP contribution in [0.1, 0.15) is 6.92 Å². The number of nitrogens with one attached hydrogen (secondary N) is 1. The third kappa shape index (κ3) is 5.23. The van der Waals surface area contributed by atoms with E-state index in [0.29, 0.717) is 6.61 Å². The van der Waals surface area contributed by atoms with E-state index in [1.165, 1.54) is 0 Å². The molecule has 0 aromatic carbocycles. The van der Waals surface area contributed by atoms with Crippen molar-refractivity contribution in [2.24, 2.45) is 5.73 Å². The Kier molecular flexibility index (Phi) is 3.04. The Bertz CT molecular complexity index is 64.0. The largest absolute Gasteiger partial charge is 0.350 e. The number of hydrogen-bond donors (Lipinski definition) is 2. The van der Waals surface area contributed by atoms with Crippen molar-refractivity contribution in [1.82, 2.24) is 5.48 Å². The highest BCUT2D eigenvalue weighted by Gasteiger charge is 1.83. The average molecular weight is 104 g/mol. The molecule has 0 unspecified atom stereocenters. The quantitative estimate of drug-likeness (QED) is 0.468. The normalized spacial score (nSPS) is 8.14. The summed E-state index contributed by atoms with van der Waals surface area (Å²) in [6.45, 7) is 2.18. The molecule has 0 atom stereocenters. The van der Waals surface area contributed by atoms with E-state index in [1.807, 2.05) is 5.48 Å². The molecule has 0 rings (SSSR count). The number of nitrogens with two attached hydrogens (primary N) is 1. The minimum atomic E-state index is -0.665. The first-order valence-electron chi connectivity index (χ1n) is 1.94. The molecule has 3 N–H and O–H groups in total. The maximum atomic E-state index is 9.74. The summed E-state index contributed by atoms with van der Waals surface area (Å²) >= 11 is 0. The Morgan fingerprint density at radius 3 is 2.71 bits per heavy atom. The first-order valence-corrected chi connectivity index (χ1v) is 1.94. The van der Waals surface area contributed by atoms with E-state index < -0.39 is 6.03 Å². The van der Waals surface area contributed by atoms with E-state index in [2.05, 4.69) is 10.6 Å². The van der Waals surface area contributed by atoms with Crippen LogP contribution in [0.5, 0.6) is 0 Å². The summed E-state index contributed by atoms with van der Waals surface area (Å²) in [6, 6.07) is -0.665. The number of hydroxylamine groups is 1. The lowest BCUT2D eigenvalue weighted by Gasteiger charge is -1.95. The van der Waals surface area contributed by atoms with E-state index in [4.69, 9.17) is 0 Å². The van der Waals surface area contributed by atoms with Crippen molar-refractivity contribution >= 4 is 6.03 Å². The fraction of sp³-hybridized carbons (Fsp3) is 0.667. The lowest BCUT2D eigenvalue weighted by Crippen LogP contribution is -2.29. The Labute approximate surface area is 41.6 Å². The molecule has 0 aliphatic rings. The van der Waals surface area contributed by atoms with Crippen LogP contribution in [0.4, 0.5) is 4.79 Å². The highest BCUT2D eigenvalue weighted by Crippen LogP contribution is 1.59. The van der Waals surface area contributed by atoms with Crippen molar-refractivity contribution in [3.05, 3.63) is 0 Å². The molecule has 4 heteroatoms. The smallest absolute Gasteiger partial charge is 0.336 e. The SMILES string of the molecule is CCONC(N)=O. The number of amides is 2. The number of primary amides is 1. The van der Waals surface area contributed by atoms with Crippen LogP contribution in [0.3, 0.4) is 0 Å². The van der Waals surface area contributed by atoms with Gasteiger partial charge in [0.2, 0.25) is 0 Å². The predicted molar refractivity (Wildman–Crippen MR) is 24.3 cm³/mol. The second-order valence-corrected chi connectivity index (χ2v) is 0.899. The molecule has 0 fully saturated rings. The topological polar surface area (TPSA) is 64.3 Å². The molecule has 0 heterocycles. The first-order chi connectivity index (χ1) is 3.27. The van der Waals surface area contributed by atoms with Gasteiger partial charge in [0, 0.05) is 0 Å². The molecule has 0 saturated heterocycles. The molecule has 7 heavy (non-hydrogen) atoms. The number of carbonyl (C=O) groups excluding carboxylic acids is 1. The third-order valence-corrected chi connectivity index (χ3v) is 0.317. The summed E-state index contributed by atoms with van der Waals surface area (Å²) < 4.78 is 0. The second-order valence-electron chi connectivity index (χ2n) is 0.899. The van der Waals surface area contributed by atoms with Gasteiger partial charge in [-0.15, -0.1) is 0 Å². The molecule has 0 bridgehead atoms. The average Bonchev–Trinajstić information content (AvgIpc) is 1.61. The lowest BCUT2D eigenvalue weighted by atomic mass is 10.9. The highest BCUT2D eigenvalue weighted by atomic mass is 16.7. The summed E-state index contributed by atoms with van der Waals surface area (Å²) in [6.07, 6.45) is 0. The second kappa shape index (κ2) is 3.42. The molecule has 0 saturated carbocycles. The van der Waals surface area contributed by atoms with Crippen LogP contribution >= 0.6 is 0 Å². The van der Waals surface area contributed by atoms with Gasteiger partial charge in [-0.05, 0) is 6.92 Å². The number of carbonyl (C=O) groups is 1. The lowest BCUT2D eigenvalue weighted by molar-refractivity contribution is 0.0742. The van der Waals surface area contributed by atoms with Gasteiger partial charge in [0.25, 0.3) is 0 Å². The van der Waals surface area contributed by atoms with Crippen LogP contribution in [-0.4, -0.2) is 12.6 Å². The van der Waals surface area contributed by atoms with E-state index in [9.17, 15) is 4.79 Å². The standard InChI is InChI=1S/C3H8N2O2/c1-2-7-5-3(4)6/h2H2,1H3,(H3,4,5,6). The van der Waals surface area contributed by atoms with Gasteiger partial charge >= 0.3 is 6.03 Å². The molecule has 4 nitrogen and oxygen atoms in total. The fourth-order valence-electron chi connectivity index (χ4n) is 0.143. The van der Waals surface area contributed by atoms with Crippen LogP contribution < -0.4 is 11.2 Å². The van der Waals surface area contributed by atoms with Gasteiger partial charge in [0.15, 0.2) is 0 Å². The van der Waals surface area contributed by atoms with Crippen LogP contribution in [0, 0.1) is 0 Å². The minimum Gasteiger partial charge on any atom is -0.350 e. The molecular weight excluding hydrogens is 96.0 g/mol. The van der Waals surface area contributed by atoms with Gasteiger partial charge in [0.05, 0.1) is 6.61 Å². The Balaban J connectivity index is 2.82. The summed E-state index contributed by atoms with van der Waals surface area (Å²) in [5, 5.41) is 0. The molecule has 0 aliphatic carbocycles. The molecule has 0 spiro atoms. The zero-order valence-electron chi connectivity index (χ0n) is 4.10. The Hall–Kier alpha value is -0.770. The molecule has 0 radical (unpaired) electrons. The van der Waals surface area contributed by atoms with Crippen LogP contribution in [0.2, 0.25) is 0 Å². The number of urea groups is 1. The Morgan fingerprint density at radius 2 is 2.57 bits per heavy atom. The van der Waals surface area contributed by atoms with Crippen molar-refractivity contribution in [3.8, 4) is 0 Å². The molecule has 2 amide bonds. The van der Waals surface area contributed by atoms with Gasteiger partial charge in [-0.1, -0.05) is 0 Å². The summed E-state index contributed by atoms with van der Waals surface area (Å²) in [5.41, 5.74) is 6.54. The van der Waals surface area contributed by atoms with Crippen molar-refractivity contribution in [2.75, 3.05) is 6.61 Å². The van der Waals surface area contributed by atoms with Crippen molar-refractivity contribution in [3.63, 3.8) is 0 Å². The Morgan fingerprint density at radius 1 is 2.00 bits per heavy atom.